The van der Waals surface area contributed by atoms with Crippen LogP contribution in [0.2, 0.25) is 0 Å². The fraction of sp³-hybridized carbons (Fsp3) is 0.400. The molecule has 6 heteroatoms. The van der Waals surface area contributed by atoms with Crippen molar-refractivity contribution < 1.29 is 13.9 Å². The predicted octanol–water partition coefficient (Wildman–Crippen LogP) is 1.87. The lowest BCUT2D eigenvalue weighted by Crippen LogP contribution is -2.60. The number of nitrogens with one attached hydrogen (secondary N) is 2. The van der Waals surface area contributed by atoms with Crippen LogP contribution in [0.1, 0.15) is 12.5 Å². The SMILES string of the molecule is CC1(c2cc(O[C@@H]3[C@@H]4CNC[C@@H]43)nc(-c3ccc(F)cc3)c2)CNC1=O. The van der Waals surface area contributed by atoms with Crippen molar-refractivity contribution in [3.05, 3.63) is 47.8 Å². The molecule has 3 aliphatic rings. The lowest BCUT2D eigenvalue weighted by atomic mass is 9.76. The van der Waals surface area contributed by atoms with Gasteiger partial charge in [-0.1, -0.05) is 0 Å². The highest BCUT2D eigenvalue weighted by atomic mass is 19.1. The normalized spacial score (nSPS) is 31.8. The first kappa shape index (κ1) is 15.8. The molecule has 1 aromatic heterocycles. The first-order chi connectivity index (χ1) is 12.5. The lowest BCUT2D eigenvalue weighted by molar-refractivity contribution is -0.132. The second-order valence-corrected chi connectivity index (χ2v) is 7.67. The maximum atomic E-state index is 13.3. The summed E-state index contributed by atoms with van der Waals surface area (Å²) >= 11 is 0. The van der Waals surface area contributed by atoms with Crippen molar-refractivity contribution in [3.8, 4) is 17.1 Å². The van der Waals surface area contributed by atoms with Gasteiger partial charge in [-0.3, -0.25) is 4.79 Å². The van der Waals surface area contributed by atoms with Crippen LogP contribution in [-0.2, 0) is 10.2 Å². The van der Waals surface area contributed by atoms with E-state index in [1.807, 2.05) is 19.1 Å². The number of carbonyl (C=O) groups is 1. The number of ether oxygens (including phenoxy) is 1. The number of hydrogen-bond donors (Lipinski definition) is 2. The number of aromatic nitrogens is 1. The Balaban J connectivity index is 1.52. The van der Waals surface area contributed by atoms with Gasteiger partial charge in [-0.2, -0.15) is 0 Å². The van der Waals surface area contributed by atoms with E-state index < -0.39 is 5.41 Å². The topological polar surface area (TPSA) is 63.2 Å². The summed E-state index contributed by atoms with van der Waals surface area (Å²) < 4.78 is 19.4. The largest absolute Gasteiger partial charge is 0.474 e. The maximum Gasteiger partial charge on any atom is 0.232 e. The number of amides is 1. The van der Waals surface area contributed by atoms with E-state index in [9.17, 15) is 9.18 Å². The van der Waals surface area contributed by atoms with Crippen LogP contribution in [0, 0.1) is 17.7 Å². The van der Waals surface area contributed by atoms with Gasteiger partial charge in [0.15, 0.2) is 0 Å². The van der Waals surface area contributed by atoms with E-state index in [2.05, 4.69) is 15.6 Å². The Morgan fingerprint density at radius 2 is 1.92 bits per heavy atom. The maximum absolute atomic E-state index is 13.3. The summed E-state index contributed by atoms with van der Waals surface area (Å²) in [6.07, 6.45) is 0.197. The van der Waals surface area contributed by atoms with Gasteiger partial charge in [-0.25, -0.2) is 9.37 Å². The quantitative estimate of drug-likeness (QED) is 0.824. The molecule has 26 heavy (non-hydrogen) atoms. The third-order valence-electron chi connectivity index (χ3n) is 5.95. The molecule has 0 bridgehead atoms. The lowest BCUT2D eigenvalue weighted by Gasteiger charge is -2.38. The Kier molecular flexibility index (Phi) is 3.34. The van der Waals surface area contributed by atoms with E-state index in [1.54, 1.807) is 12.1 Å². The number of β-lactam (4-membered cyclic amide) rings is 1. The van der Waals surface area contributed by atoms with Crippen molar-refractivity contribution in [1.82, 2.24) is 15.6 Å². The van der Waals surface area contributed by atoms with Crippen molar-refractivity contribution >= 4 is 5.91 Å². The molecule has 1 saturated carbocycles. The molecule has 5 rings (SSSR count). The first-order valence-corrected chi connectivity index (χ1v) is 8.99. The molecule has 0 spiro atoms. The van der Waals surface area contributed by atoms with Crippen LogP contribution in [0.25, 0.3) is 11.3 Å². The second-order valence-electron chi connectivity index (χ2n) is 7.67. The Hall–Kier alpha value is -2.47. The van der Waals surface area contributed by atoms with Crippen LogP contribution < -0.4 is 15.4 Å². The van der Waals surface area contributed by atoms with Crippen molar-refractivity contribution in [3.63, 3.8) is 0 Å². The van der Waals surface area contributed by atoms with E-state index in [4.69, 9.17) is 4.74 Å². The van der Waals surface area contributed by atoms with Gasteiger partial charge in [-0.05, 0) is 42.8 Å². The minimum atomic E-state index is -0.573. The van der Waals surface area contributed by atoms with Gasteiger partial charge in [0.05, 0.1) is 11.1 Å². The highest BCUT2D eigenvalue weighted by Gasteiger charge is 2.55. The van der Waals surface area contributed by atoms with Crippen LogP contribution in [-0.4, -0.2) is 36.6 Å². The minimum Gasteiger partial charge on any atom is -0.474 e. The molecule has 134 valence electrons. The number of pyridine rings is 1. The smallest absolute Gasteiger partial charge is 0.232 e. The molecular weight excluding hydrogens is 333 g/mol. The van der Waals surface area contributed by atoms with Gasteiger partial charge >= 0.3 is 0 Å². The molecule has 2 aliphatic heterocycles. The third kappa shape index (κ3) is 2.40. The second kappa shape index (κ2) is 5.51. The molecule has 5 nitrogen and oxygen atoms in total. The number of piperidine rings is 1. The molecule has 0 radical (unpaired) electrons. The highest BCUT2D eigenvalue weighted by molar-refractivity contribution is 5.94. The zero-order chi connectivity index (χ0) is 17.9. The fourth-order valence-electron chi connectivity index (χ4n) is 3.99. The number of rotatable bonds is 4. The van der Waals surface area contributed by atoms with Gasteiger partial charge in [0.1, 0.15) is 11.9 Å². The molecule has 3 heterocycles. The molecule has 1 aliphatic carbocycles. The van der Waals surface area contributed by atoms with E-state index in [0.717, 1.165) is 24.2 Å². The van der Waals surface area contributed by atoms with Gasteiger partial charge < -0.3 is 15.4 Å². The van der Waals surface area contributed by atoms with Crippen LogP contribution in [0.15, 0.2) is 36.4 Å². The molecule has 2 aromatic rings. The monoisotopic (exact) mass is 353 g/mol. The summed E-state index contributed by atoms with van der Waals surface area (Å²) in [5, 5.41) is 6.16. The zero-order valence-corrected chi connectivity index (χ0v) is 14.5. The average Bonchev–Trinajstić information content (AvgIpc) is 3.06. The van der Waals surface area contributed by atoms with Crippen molar-refractivity contribution in [2.45, 2.75) is 18.4 Å². The van der Waals surface area contributed by atoms with Crippen LogP contribution in [0.5, 0.6) is 5.88 Å². The summed E-state index contributed by atoms with van der Waals surface area (Å²) in [6, 6.07) is 10.0. The minimum absolute atomic E-state index is 0.00666. The van der Waals surface area contributed by atoms with E-state index in [-0.39, 0.29) is 17.8 Å². The summed E-state index contributed by atoms with van der Waals surface area (Å²) in [5.41, 5.74) is 1.81. The van der Waals surface area contributed by atoms with Crippen molar-refractivity contribution in [1.29, 1.82) is 0 Å². The van der Waals surface area contributed by atoms with E-state index >= 15 is 0 Å². The third-order valence-corrected chi connectivity index (χ3v) is 5.95. The number of nitrogens with zero attached hydrogens (tertiary/aromatic N) is 1. The summed E-state index contributed by atoms with van der Waals surface area (Å²) in [4.78, 5) is 16.8. The fourth-order valence-corrected chi connectivity index (χ4v) is 3.99. The van der Waals surface area contributed by atoms with Gasteiger partial charge in [0.2, 0.25) is 11.8 Å². The Labute approximate surface area is 151 Å². The molecule has 1 aromatic carbocycles. The van der Waals surface area contributed by atoms with E-state index in [0.29, 0.717) is 30.0 Å². The number of halogens is 1. The zero-order valence-electron chi connectivity index (χ0n) is 14.5. The van der Waals surface area contributed by atoms with Crippen LogP contribution >= 0.6 is 0 Å². The van der Waals surface area contributed by atoms with Gasteiger partial charge in [-0.15, -0.1) is 0 Å². The molecule has 2 N–H and O–H groups in total. The van der Waals surface area contributed by atoms with Crippen molar-refractivity contribution in [2.24, 2.45) is 11.8 Å². The molecule has 1 unspecified atom stereocenters. The Morgan fingerprint density at radius 3 is 2.54 bits per heavy atom. The summed E-state index contributed by atoms with van der Waals surface area (Å²) in [6.45, 7) is 4.49. The number of fused-ring (bicyclic) bond motifs is 1. The highest BCUT2D eigenvalue weighted by Crippen LogP contribution is 2.45. The summed E-state index contributed by atoms with van der Waals surface area (Å²) in [5.74, 6) is 1.37. The molecule has 4 atom stereocenters. The van der Waals surface area contributed by atoms with Gasteiger partial charge in [0, 0.05) is 43.1 Å². The Bertz CT molecular complexity index is 875. The first-order valence-electron chi connectivity index (χ1n) is 8.99. The van der Waals surface area contributed by atoms with Crippen LogP contribution in [0.3, 0.4) is 0 Å². The van der Waals surface area contributed by atoms with Gasteiger partial charge in [0.25, 0.3) is 0 Å². The standard InChI is InChI=1S/C20H20FN3O2/c1-20(10-23-19(20)25)12-6-16(11-2-4-13(21)5-3-11)24-17(7-12)26-18-14-8-22-9-15(14)18/h2-7,14-15,18,22H,8-10H2,1H3,(H,23,25)/t14-,15+,18-,20?. The molecule has 1 amide bonds. The predicted molar refractivity (Wildman–Crippen MR) is 94.3 cm³/mol. The Morgan fingerprint density at radius 1 is 1.19 bits per heavy atom. The number of benzene rings is 1. The number of hydrogen-bond acceptors (Lipinski definition) is 4. The average molecular weight is 353 g/mol. The molecule has 3 fully saturated rings. The molecular formula is C20H20FN3O2. The van der Waals surface area contributed by atoms with Crippen LogP contribution in [0.4, 0.5) is 4.39 Å². The molecule has 2 saturated heterocycles. The van der Waals surface area contributed by atoms with Crippen molar-refractivity contribution in [2.75, 3.05) is 19.6 Å². The number of carbonyl (C=O) groups excluding carboxylic acids is 1. The van der Waals surface area contributed by atoms with E-state index in [1.165, 1.54) is 12.1 Å². The summed E-state index contributed by atoms with van der Waals surface area (Å²) in [7, 11) is 0.